The summed E-state index contributed by atoms with van der Waals surface area (Å²) in [4.78, 5) is 126. The fourth-order valence-corrected chi connectivity index (χ4v) is 14.4. The zero-order chi connectivity index (χ0) is 82.7. The summed E-state index contributed by atoms with van der Waals surface area (Å²) in [6, 6.07) is 48.8. The van der Waals surface area contributed by atoms with Crippen LogP contribution in [0.5, 0.6) is 0 Å². The number of methoxy groups -OCH3 is 1. The number of nitrogens with one attached hydrogen (secondary N) is 6. The van der Waals surface area contributed by atoms with Crippen molar-refractivity contribution >= 4 is 85.9 Å². The van der Waals surface area contributed by atoms with Crippen molar-refractivity contribution < 1.29 is 72.3 Å². The number of carboxylic acids is 2. The number of Topliss-reactive ketones (excluding diaryl/α,β-unsaturated/α-hetero) is 3. The molecule has 3 aromatic heterocycles. The molecule has 24 nitrogen and oxygen atoms in total. The van der Waals surface area contributed by atoms with Gasteiger partial charge in [0.15, 0.2) is 17.3 Å². The van der Waals surface area contributed by atoms with Gasteiger partial charge in [-0.3, -0.25) is 59.1 Å². The number of ether oxygens (including phenoxy) is 4. The van der Waals surface area contributed by atoms with E-state index in [2.05, 4.69) is 30.9 Å². The fraction of sp³-hybridized carbons (Fsp3) is 0.440. The molecule has 3 heterocycles. The Hall–Kier alpha value is -10.5. The van der Waals surface area contributed by atoms with Gasteiger partial charge in [-0.2, -0.15) is 0 Å². The quantitative estimate of drug-likeness (QED) is 0.00958. The standard InChI is InChI=1S/C31H41N3O5.2C30H39N3O5/c1-3-39-31(37)28(17-16-22-11-5-4-6-12-22)34-27(15-9-10-18-32)29(35)20-23(30(36)38-2)19-24-21-33-26-14-8-7-13-25(24)26;2*1-2-38-30(37)27(16-15-21-10-4-3-5-11-21)33-26(14-8-9-17-31)28(34)19-22(29(35)36)18-23-20-32-25-13-7-6-12-24(23)25/h4-8,11-14,21,23,27-28,33-34H,3,9-10,15-20,32H2,1-2H3;2*3-7,10-13,20,22,26-27,32-33H,2,8-9,14-19,31H2,1H3,(H,35,36)/t23-,27+,28+;22-,26+,27?;22-,26+,27+/m111/s1. The number of hydrogen-bond donors (Lipinski definition) is 11. The first kappa shape index (κ1) is 91.7. The number of para-hydroxylation sites is 3. The van der Waals surface area contributed by atoms with Crippen LogP contribution in [0.4, 0.5) is 0 Å². The molecule has 115 heavy (non-hydrogen) atoms. The summed E-state index contributed by atoms with van der Waals surface area (Å²) in [5.74, 6) is -6.65. The first-order valence-corrected chi connectivity index (χ1v) is 40.6. The van der Waals surface area contributed by atoms with Crippen LogP contribution in [-0.4, -0.2) is 161 Å². The van der Waals surface area contributed by atoms with Gasteiger partial charge in [-0.1, -0.05) is 165 Å². The van der Waals surface area contributed by atoms with Crippen molar-refractivity contribution in [2.75, 3.05) is 46.6 Å². The summed E-state index contributed by atoms with van der Waals surface area (Å²) in [5.41, 5.74) is 25.8. The largest absolute Gasteiger partial charge is 0.481 e. The van der Waals surface area contributed by atoms with Crippen LogP contribution in [-0.2, 0) is 101 Å². The third-order valence-electron chi connectivity index (χ3n) is 20.6. The van der Waals surface area contributed by atoms with Crippen LogP contribution in [0.2, 0.25) is 0 Å². The number of carboxylic acid groups (broad SMARTS) is 2. The summed E-state index contributed by atoms with van der Waals surface area (Å²) in [7, 11) is 1.34. The predicted molar refractivity (Wildman–Crippen MR) is 448 cm³/mol. The number of hydrogen-bond acceptors (Lipinski definition) is 19. The molecule has 0 saturated carbocycles. The number of esters is 4. The van der Waals surface area contributed by atoms with Crippen molar-refractivity contribution in [1.29, 1.82) is 0 Å². The van der Waals surface area contributed by atoms with E-state index in [1.807, 2.05) is 182 Å². The maximum absolute atomic E-state index is 13.7. The van der Waals surface area contributed by atoms with Gasteiger partial charge in [0, 0.05) is 70.6 Å². The average Bonchev–Trinajstić information content (AvgIpc) is 1.70. The van der Waals surface area contributed by atoms with Crippen LogP contribution in [0.15, 0.2) is 182 Å². The Kier molecular flexibility index (Phi) is 40.4. The van der Waals surface area contributed by atoms with E-state index >= 15 is 0 Å². The van der Waals surface area contributed by atoms with E-state index in [0.717, 1.165) is 91.8 Å². The topological polar surface area (TPSA) is 393 Å². The molecule has 0 spiro atoms. The van der Waals surface area contributed by atoms with Crippen LogP contribution in [0.1, 0.15) is 150 Å². The van der Waals surface area contributed by atoms with Gasteiger partial charge in [-0.15, -0.1) is 0 Å². The number of unbranched alkanes of at least 4 members (excludes halogenated alkanes) is 3. The Bertz CT molecular complexity index is 4250. The molecular weight excluding hydrogens is 1460 g/mol. The number of aromatic nitrogens is 3. The number of fused-ring (bicyclic) bond motifs is 3. The molecular formula is C91H119N9O15. The molecule has 9 rings (SSSR count). The Morgan fingerprint density at radius 2 is 0.617 bits per heavy atom. The van der Waals surface area contributed by atoms with Crippen molar-refractivity contribution in [2.24, 2.45) is 35.0 Å². The van der Waals surface area contributed by atoms with E-state index in [9.17, 15) is 53.4 Å². The first-order valence-electron chi connectivity index (χ1n) is 40.6. The number of ketones is 3. The lowest BCUT2D eigenvalue weighted by molar-refractivity contribution is -0.148. The van der Waals surface area contributed by atoms with Gasteiger partial charge in [-0.25, -0.2) is 0 Å². The minimum absolute atomic E-state index is 0.000697. The molecule has 0 aliphatic carbocycles. The number of benzene rings is 6. The number of carbonyl (C=O) groups excluding carboxylic acids is 7. The second kappa shape index (κ2) is 50.7. The molecule has 618 valence electrons. The summed E-state index contributed by atoms with van der Waals surface area (Å²) in [5, 5.41) is 32.6. The minimum atomic E-state index is -1.02. The minimum Gasteiger partial charge on any atom is -0.481 e. The molecule has 6 aromatic carbocycles. The third-order valence-corrected chi connectivity index (χ3v) is 20.6. The molecule has 0 fully saturated rings. The summed E-state index contributed by atoms with van der Waals surface area (Å²) in [6.07, 6.45) is 15.2. The number of aromatic amines is 3. The summed E-state index contributed by atoms with van der Waals surface area (Å²) < 4.78 is 21.0. The highest BCUT2D eigenvalue weighted by Crippen LogP contribution is 2.28. The van der Waals surface area contributed by atoms with Gasteiger partial charge in [-0.05, 0) is 188 Å². The molecule has 9 atom stereocenters. The van der Waals surface area contributed by atoms with Gasteiger partial charge in [0.25, 0.3) is 0 Å². The molecule has 0 amide bonds. The lowest BCUT2D eigenvalue weighted by Crippen LogP contribution is -2.48. The van der Waals surface area contributed by atoms with E-state index in [1.165, 1.54) is 7.11 Å². The van der Waals surface area contributed by atoms with Crippen molar-refractivity contribution in [1.82, 2.24) is 30.9 Å². The summed E-state index contributed by atoms with van der Waals surface area (Å²) >= 11 is 0. The Labute approximate surface area is 674 Å². The zero-order valence-corrected chi connectivity index (χ0v) is 67.0. The SMILES string of the molecule is CCOC(=O)C(CCc1ccccc1)N[C@@H](CCCCN)C(=O)C[C@@H](Cc1c[nH]c2ccccc12)C(=O)O.CCOC(=O)[C@H](CCc1ccccc1)N[C@@H](CCCCN)C(=O)C[C@@H](Cc1c[nH]c2ccccc12)C(=O)O.CCOC(=O)[C@H](CCc1ccccc1)N[C@@H](CCCCN)C(=O)C[C@@H](Cc1c[nH]c2ccccc12)C(=O)OC. The zero-order valence-electron chi connectivity index (χ0n) is 67.0. The van der Waals surface area contributed by atoms with Gasteiger partial charge >= 0.3 is 35.8 Å². The van der Waals surface area contributed by atoms with Gasteiger partial charge in [0.2, 0.25) is 0 Å². The van der Waals surface area contributed by atoms with Crippen LogP contribution in [0.25, 0.3) is 32.7 Å². The number of aryl methyl sites for hydroxylation is 3. The second-order valence-corrected chi connectivity index (χ2v) is 29.0. The Morgan fingerprint density at radius 3 is 0.887 bits per heavy atom. The number of carbonyl (C=O) groups is 9. The maximum atomic E-state index is 13.7. The molecule has 1 unspecified atom stereocenters. The smallest absolute Gasteiger partial charge is 0.323 e. The second-order valence-electron chi connectivity index (χ2n) is 29.0. The number of rotatable bonds is 51. The van der Waals surface area contributed by atoms with Gasteiger partial charge < -0.3 is 61.3 Å². The van der Waals surface area contributed by atoms with Crippen molar-refractivity contribution in [3.05, 3.63) is 216 Å². The number of nitrogens with two attached hydrogens (primary N) is 3. The van der Waals surface area contributed by atoms with Crippen molar-refractivity contribution in [2.45, 2.75) is 192 Å². The normalized spacial score (nSPS) is 13.6. The van der Waals surface area contributed by atoms with Crippen LogP contribution < -0.4 is 33.2 Å². The molecule has 14 N–H and O–H groups in total. The lowest BCUT2D eigenvalue weighted by Gasteiger charge is -2.25. The highest BCUT2D eigenvalue weighted by Gasteiger charge is 2.35. The fourth-order valence-electron chi connectivity index (χ4n) is 14.4. The third kappa shape index (κ3) is 30.7. The molecule has 0 aliphatic rings. The molecule has 0 bridgehead atoms. The van der Waals surface area contributed by atoms with E-state index in [0.29, 0.717) is 96.7 Å². The Balaban J connectivity index is 0.000000239. The highest BCUT2D eigenvalue weighted by atomic mass is 16.5. The molecule has 0 saturated heterocycles. The van der Waals surface area contributed by atoms with Crippen LogP contribution in [0, 0.1) is 17.8 Å². The first-order chi connectivity index (χ1) is 55.8. The highest BCUT2D eigenvalue weighted by molar-refractivity contribution is 5.93. The van der Waals surface area contributed by atoms with Crippen molar-refractivity contribution in [3.63, 3.8) is 0 Å². The molecule has 9 aromatic rings. The number of H-pyrrole nitrogens is 3. The lowest BCUT2D eigenvalue weighted by atomic mass is 9.90. The molecule has 24 heteroatoms. The van der Waals surface area contributed by atoms with Gasteiger partial charge in [0.05, 0.1) is 62.8 Å². The van der Waals surface area contributed by atoms with E-state index in [-0.39, 0.29) is 75.2 Å². The maximum Gasteiger partial charge on any atom is 0.323 e. The van der Waals surface area contributed by atoms with Crippen LogP contribution >= 0.6 is 0 Å². The average molecular weight is 1580 g/mol. The molecule has 0 aliphatic heterocycles. The van der Waals surface area contributed by atoms with Crippen molar-refractivity contribution in [3.8, 4) is 0 Å². The van der Waals surface area contributed by atoms with Gasteiger partial charge in [0.1, 0.15) is 18.1 Å². The predicted octanol–water partition coefficient (Wildman–Crippen LogP) is 12.2. The van der Waals surface area contributed by atoms with Crippen LogP contribution in [0.3, 0.4) is 0 Å². The Morgan fingerprint density at radius 1 is 0.348 bits per heavy atom. The summed E-state index contributed by atoms with van der Waals surface area (Å²) in [6.45, 7) is 7.49. The van der Waals surface area contributed by atoms with E-state index in [4.69, 9.17) is 36.1 Å². The molecule has 0 radical (unpaired) electrons. The van der Waals surface area contributed by atoms with E-state index < -0.39 is 83.9 Å². The monoisotopic (exact) mass is 1580 g/mol. The number of aliphatic carboxylic acids is 2. The van der Waals surface area contributed by atoms with E-state index in [1.54, 1.807) is 20.8 Å².